The van der Waals surface area contributed by atoms with Gasteiger partial charge in [0.1, 0.15) is 6.07 Å². The van der Waals surface area contributed by atoms with E-state index in [4.69, 9.17) is 4.74 Å². The van der Waals surface area contributed by atoms with Crippen molar-refractivity contribution in [3.8, 4) is 11.8 Å². The van der Waals surface area contributed by atoms with Crippen LogP contribution in [-0.2, 0) is 4.74 Å². The van der Waals surface area contributed by atoms with E-state index in [1.807, 2.05) is 73.0 Å². The molecule has 7 heteroatoms. The Kier molecular flexibility index (Phi) is 6.45. The van der Waals surface area contributed by atoms with Crippen molar-refractivity contribution in [2.45, 2.75) is 25.1 Å². The molecule has 0 radical (unpaired) electrons. The minimum absolute atomic E-state index is 0.319. The molecule has 0 unspecified atom stereocenters. The second-order valence-electron chi connectivity index (χ2n) is 7.07. The minimum Gasteiger partial charge on any atom is -0.462 e. The molecule has 160 valence electrons. The molecule has 0 fully saturated rings. The number of thioether (sulfide) groups is 1. The average Bonchev–Trinajstić information content (AvgIpc) is 3.32. The van der Waals surface area contributed by atoms with Gasteiger partial charge in [0.2, 0.25) is 0 Å². The van der Waals surface area contributed by atoms with Crippen LogP contribution in [0.3, 0.4) is 0 Å². The molecular formula is C25H21N3O2S2. The molecule has 0 atom stereocenters. The van der Waals surface area contributed by atoms with E-state index in [2.05, 4.69) is 11.1 Å². The van der Waals surface area contributed by atoms with Gasteiger partial charge in [-0.1, -0.05) is 24.3 Å². The Morgan fingerprint density at radius 2 is 1.97 bits per heavy atom. The number of hydrogen-bond donors (Lipinski definition) is 0. The Morgan fingerprint density at radius 1 is 1.22 bits per heavy atom. The van der Waals surface area contributed by atoms with E-state index in [1.54, 1.807) is 24.3 Å². The Morgan fingerprint density at radius 3 is 2.72 bits per heavy atom. The summed E-state index contributed by atoms with van der Waals surface area (Å²) in [5, 5.41) is 9.75. The SMILES string of the molecule is CCOC(=O)c1ccccc1-n1c(C)cc(C=C(C#N)Sc2nc3ccccc3s2)c1C. The van der Waals surface area contributed by atoms with E-state index >= 15 is 0 Å². The second-order valence-corrected chi connectivity index (χ2v) is 9.39. The van der Waals surface area contributed by atoms with Crippen LogP contribution in [0, 0.1) is 25.2 Å². The number of thiazole rings is 1. The third-order valence-corrected chi connectivity index (χ3v) is 7.00. The van der Waals surface area contributed by atoms with Crippen LogP contribution in [0.15, 0.2) is 63.8 Å². The zero-order valence-electron chi connectivity index (χ0n) is 18.0. The quantitative estimate of drug-likeness (QED) is 0.186. The van der Waals surface area contributed by atoms with Crippen LogP contribution >= 0.6 is 23.1 Å². The lowest BCUT2D eigenvalue weighted by Gasteiger charge is -2.14. The van der Waals surface area contributed by atoms with E-state index in [0.717, 1.165) is 37.2 Å². The number of carbonyl (C=O) groups excluding carboxylic acids is 1. The van der Waals surface area contributed by atoms with Gasteiger partial charge < -0.3 is 9.30 Å². The van der Waals surface area contributed by atoms with Gasteiger partial charge in [-0.15, -0.1) is 11.3 Å². The predicted octanol–water partition coefficient (Wildman–Crippen LogP) is 6.54. The van der Waals surface area contributed by atoms with Crippen LogP contribution in [-0.4, -0.2) is 22.1 Å². The number of nitrogens with zero attached hydrogens (tertiary/aromatic N) is 3. The normalized spacial score (nSPS) is 11.5. The number of aryl methyl sites for hydroxylation is 1. The van der Waals surface area contributed by atoms with Crippen molar-refractivity contribution in [2.24, 2.45) is 0 Å². The van der Waals surface area contributed by atoms with Gasteiger partial charge in [-0.05, 0) is 74.5 Å². The lowest BCUT2D eigenvalue weighted by atomic mass is 10.1. The number of fused-ring (bicyclic) bond motifs is 1. The zero-order chi connectivity index (χ0) is 22.7. The predicted molar refractivity (Wildman–Crippen MR) is 130 cm³/mol. The Balaban J connectivity index is 1.70. The summed E-state index contributed by atoms with van der Waals surface area (Å²) in [5.41, 5.74) is 5.04. The van der Waals surface area contributed by atoms with Gasteiger partial charge in [0, 0.05) is 11.4 Å². The number of ether oxygens (including phenoxy) is 1. The van der Waals surface area contributed by atoms with Gasteiger partial charge in [0.15, 0.2) is 4.34 Å². The standard InChI is InChI=1S/C25H21N3O2S2/c1-4-30-24(29)20-9-5-7-11-22(20)28-16(2)13-18(17(28)3)14-19(15-26)31-25-27-21-10-6-8-12-23(21)32-25/h5-14H,4H2,1-3H3. The van der Waals surface area contributed by atoms with Crippen molar-refractivity contribution in [3.05, 3.63) is 82.0 Å². The number of rotatable bonds is 6. The number of carbonyl (C=O) groups is 1. The molecule has 0 spiro atoms. The molecular weight excluding hydrogens is 438 g/mol. The fourth-order valence-electron chi connectivity index (χ4n) is 3.57. The summed E-state index contributed by atoms with van der Waals surface area (Å²) < 4.78 is 9.19. The third-order valence-electron chi connectivity index (χ3n) is 4.98. The average molecular weight is 460 g/mol. The van der Waals surface area contributed by atoms with Gasteiger partial charge in [0.25, 0.3) is 0 Å². The van der Waals surface area contributed by atoms with Gasteiger partial charge in [-0.3, -0.25) is 0 Å². The van der Waals surface area contributed by atoms with Gasteiger partial charge >= 0.3 is 5.97 Å². The lowest BCUT2D eigenvalue weighted by molar-refractivity contribution is 0.0526. The number of aromatic nitrogens is 2. The van der Waals surface area contributed by atoms with Gasteiger partial charge in [-0.25, -0.2) is 9.78 Å². The fraction of sp³-hybridized carbons (Fsp3) is 0.160. The minimum atomic E-state index is -0.350. The van der Waals surface area contributed by atoms with Crippen molar-refractivity contribution in [1.29, 1.82) is 5.26 Å². The molecule has 0 amide bonds. The van der Waals surface area contributed by atoms with Gasteiger partial charge in [-0.2, -0.15) is 5.26 Å². The molecule has 0 aliphatic heterocycles. The van der Waals surface area contributed by atoms with E-state index in [-0.39, 0.29) is 5.97 Å². The van der Waals surface area contributed by atoms with Crippen LogP contribution in [0.25, 0.3) is 22.0 Å². The first-order chi connectivity index (χ1) is 15.5. The summed E-state index contributed by atoms with van der Waals surface area (Å²) >= 11 is 2.94. The summed E-state index contributed by atoms with van der Waals surface area (Å²) in [5.74, 6) is -0.350. The molecule has 2 heterocycles. The number of nitriles is 1. The zero-order valence-corrected chi connectivity index (χ0v) is 19.6. The van der Waals surface area contributed by atoms with Crippen molar-refractivity contribution >= 4 is 45.4 Å². The third kappa shape index (κ3) is 4.33. The van der Waals surface area contributed by atoms with E-state index in [9.17, 15) is 10.1 Å². The van der Waals surface area contributed by atoms with E-state index in [1.165, 1.54) is 11.8 Å². The van der Waals surface area contributed by atoms with Crippen LogP contribution in [0.4, 0.5) is 0 Å². The highest BCUT2D eigenvalue weighted by Gasteiger charge is 2.18. The molecule has 5 nitrogen and oxygen atoms in total. The molecule has 2 aromatic carbocycles. The fourth-order valence-corrected chi connectivity index (χ4v) is 5.54. The van der Waals surface area contributed by atoms with Crippen LogP contribution in [0.1, 0.15) is 34.2 Å². The Bertz CT molecular complexity index is 1340. The highest BCUT2D eigenvalue weighted by atomic mass is 32.2. The number of esters is 1. The lowest BCUT2D eigenvalue weighted by Crippen LogP contribution is -2.11. The number of para-hydroxylation sites is 2. The first kappa shape index (κ1) is 21.9. The Hall–Kier alpha value is -3.34. The monoisotopic (exact) mass is 459 g/mol. The molecule has 0 bridgehead atoms. The molecule has 0 aliphatic carbocycles. The molecule has 0 N–H and O–H groups in total. The smallest absolute Gasteiger partial charge is 0.340 e. The summed E-state index contributed by atoms with van der Waals surface area (Å²) in [6.45, 7) is 6.08. The van der Waals surface area contributed by atoms with Crippen molar-refractivity contribution in [2.75, 3.05) is 6.61 Å². The molecule has 4 aromatic rings. The van der Waals surface area contributed by atoms with Crippen molar-refractivity contribution in [1.82, 2.24) is 9.55 Å². The van der Waals surface area contributed by atoms with E-state index < -0.39 is 0 Å². The molecule has 2 aromatic heterocycles. The maximum atomic E-state index is 12.5. The maximum absolute atomic E-state index is 12.5. The first-order valence-corrected chi connectivity index (χ1v) is 11.8. The highest BCUT2D eigenvalue weighted by Crippen LogP contribution is 2.35. The summed E-state index contributed by atoms with van der Waals surface area (Å²) in [4.78, 5) is 17.6. The molecule has 0 saturated carbocycles. The van der Waals surface area contributed by atoms with Crippen molar-refractivity contribution < 1.29 is 9.53 Å². The van der Waals surface area contributed by atoms with Crippen molar-refractivity contribution in [3.63, 3.8) is 0 Å². The topological polar surface area (TPSA) is 67.9 Å². The number of hydrogen-bond acceptors (Lipinski definition) is 6. The second kappa shape index (κ2) is 9.43. The number of benzene rings is 2. The van der Waals surface area contributed by atoms with E-state index in [0.29, 0.717) is 17.1 Å². The van der Waals surface area contributed by atoms with Gasteiger partial charge in [0.05, 0.1) is 33.0 Å². The Labute approximate surface area is 195 Å². The molecule has 0 aliphatic rings. The largest absolute Gasteiger partial charge is 0.462 e. The van der Waals surface area contributed by atoms with Crippen LogP contribution < -0.4 is 0 Å². The summed E-state index contributed by atoms with van der Waals surface area (Å²) in [7, 11) is 0. The molecule has 32 heavy (non-hydrogen) atoms. The highest BCUT2D eigenvalue weighted by molar-refractivity contribution is 8.05. The first-order valence-electron chi connectivity index (χ1n) is 10.1. The van der Waals surface area contributed by atoms with Crippen LogP contribution in [0.5, 0.6) is 0 Å². The molecule has 4 rings (SSSR count). The summed E-state index contributed by atoms with van der Waals surface area (Å²) in [6, 6.07) is 19.7. The molecule has 0 saturated heterocycles. The number of allylic oxidation sites excluding steroid dienone is 1. The summed E-state index contributed by atoms with van der Waals surface area (Å²) in [6.07, 6.45) is 1.88. The van der Waals surface area contributed by atoms with Crippen LogP contribution in [0.2, 0.25) is 0 Å². The maximum Gasteiger partial charge on any atom is 0.340 e.